The van der Waals surface area contributed by atoms with Gasteiger partial charge >= 0.3 is 0 Å². The topological polar surface area (TPSA) is 121 Å². The molecule has 0 aliphatic heterocycles. The molecule has 0 unspecified atom stereocenters. The number of thioether (sulfide) groups is 1. The molecule has 0 saturated carbocycles. The highest BCUT2D eigenvalue weighted by atomic mass is 32.2. The standard InChI is InChI=1S/C14H19N9OS/c1-8-5-10(3)23(20-8)13-17-18-14(22(13)15)25-7-12(24)16-11-6-9(2)19-21(11)4/h5-6H,7,15H2,1-4H3,(H,16,24). The number of nitrogen functional groups attached to an aromatic ring is 1. The monoisotopic (exact) mass is 361 g/mol. The zero-order valence-electron chi connectivity index (χ0n) is 14.4. The highest BCUT2D eigenvalue weighted by Gasteiger charge is 2.16. The summed E-state index contributed by atoms with van der Waals surface area (Å²) in [6.07, 6.45) is 0. The quantitative estimate of drug-likeness (QED) is 0.503. The summed E-state index contributed by atoms with van der Waals surface area (Å²) < 4.78 is 4.56. The first-order chi connectivity index (χ1) is 11.8. The molecule has 0 fully saturated rings. The third-order valence-corrected chi connectivity index (χ3v) is 4.39. The van der Waals surface area contributed by atoms with Crippen LogP contribution in [0.25, 0.3) is 5.95 Å². The molecule has 25 heavy (non-hydrogen) atoms. The van der Waals surface area contributed by atoms with Crippen LogP contribution in [-0.2, 0) is 11.8 Å². The lowest BCUT2D eigenvalue weighted by molar-refractivity contribution is -0.113. The Balaban J connectivity index is 1.67. The van der Waals surface area contributed by atoms with Crippen LogP contribution >= 0.6 is 11.8 Å². The van der Waals surface area contributed by atoms with Crippen LogP contribution in [0.1, 0.15) is 17.1 Å². The van der Waals surface area contributed by atoms with Crippen LogP contribution in [0, 0.1) is 20.8 Å². The van der Waals surface area contributed by atoms with Gasteiger partial charge in [0, 0.05) is 18.8 Å². The van der Waals surface area contributed by atoms with Crippen LogP contribution in [0.3, 0.4) is 0 Å². The van der Waals surface area contributed by atoms with E-state index in [1.54, 1.807) is 22.5 Å². The number of aryl methyl sites for hydroxylation is 4. The van der Waals surface area contributed by atoms with E-state index in [0.717, 1.165) is 17.1 Å². The number of nitrogens with two attached hydrogens (primary N) is 1. The van der Waals surface area contributed by atoms with E-state index in [9.17, 15) is 4.79 Å². The number of carbonyl (C=O) groups excluding carboxylic acids is 1. The SMILES string of the molecule is Cc1cc(NC(=O)CSc2nnc(-n3nc(C)cc3C)n2N)n(C)n1. The minimum Gasteiger partial charge on any atom is -0.334 e. The molecule has 10 nitrogen and oxygen atoms in total. The Morgan fingerprint density at radius 2 is 1.92 bits per heavy atom. The summed E-state index contributed by atoms with van der Waals surface area (Å²) in [6, 6.07) is 3.72. The maximum atomic E-state index is 12.1. The first-order valence-electron chi connectivity index (χ1n) is 7.52. The van der Waals surface area contributed by atoms with Gasteiger partial charge in [0.1, 0.15) is 5.82 Å². The van der Waals surface area contributed by atoms with Crippen molar-refractivity contribution >= 4 is 23.5 Å². The number of aromatic nitrogens is 7. The van der Waals surface area contributed by atoms with Crippen molar-refractivity contribution < 1.29 is 4.79 Å². The fourth-order valence-corrected chi connectivity index (χ4v) is 3.03. The zero-order valence-corrected chi connectivity index (χ0v) is 15.2. The Labute approximate surface area is 148 Å². The minimum atomic E-state index is -0.177. The first-order valence-corrected chi connectivity index (χ1v) is 8.51. The highest BCUT2D eigenvalue weighted by Crippen LogP contribution is 2.18. The van der Waals surface area contributed by atoms with E-state index in [2.05, 4.69) is 25.7 Å². The van der Waals surface area contributed by atoms with Crippen LogP contribution in [0.5, 0.6) is 0 Å². The third-order valence-electron chi connectivity index (χ3n) is 3.45. The molecule has 11 heteroatoms. The van der Waals surface area contributed by atoms with Gasteiger partial charge in [-0.05, 0) is 26.8 Å². The molecule has 3 N–H and O–H groups in total. The van der Waals surface area contributed by atoms with Crippen molar-refractivity contribution in [2.45, 2.75) is 25.9 Å². The largest absolute Gasteiger partial charge is 0.334 e. The summed E-state index contributed by atoms with van der Waals surface area (Å²) in [7, 11) is 1.77. The van der Waals surface area contributed by atoms with Gasteiger partial charge in [0.2, 0.25) is 11.1 Å². The molecule has 0 spiro atoms. The molecular formula is C14H19N9OS. The number of carbonyl (C=O) groups is 1. The van der Waals surface area contributed by atoms with E-state index in [4.69, 9.17) is 5.84 Å². The van der Waals surface area contributed by atoms with E-state index >= 15 is 0 Å². The van der Waals surface area contributed by atoms with Gasteiger partial charge in [-0.3, -0.25) is 9.48 Å². The molecule has 0 radical (unpaired) electrons. The number of anilines is 1. The van der Waals surface area contributed by atoms with Crippen molar-refractivity contribution in [3.05, 3.63) is 29.2 Å². The summed E-state index contributed by atoms with van der Waals surface area (Å²) >= 11 is 1.20. The molecule has 132 valence electrons. The molecule has 0 atom stereocenters. The lowest BCUT2D eigenvalue weighted by Gasteiger charge is -2.06. The molecule has 3 heterocycles. The molecule has 0 bridgehead atoms. The molecule has 3 aromatic heterocycles. The number of amides is 1. The molecule has 3 rings (SSSR count). The van der Waals surface area contributed by atoms with E-state index in [0.29, 0.717) is 16.9 Å². The molecule has 1 amide bonds. The molecular weight excluding hydrogens is 342 g/mol. The lowest BCUT2D eigenvalue weighted by Crippen LogP contribution is -2.19. The van der Waals surface area contributed by atoms with E-state index in [1.807, 2.05) is 26.8 Å². The van der Waals surface area contributed by atoms with Crippen molar-refractivity contribution in [1.29, 1.82) is 0 Å². The van der Waals surface area contributed by atoms with Gasteiger partial charge in [0.15, 0.2) is 0 Å². The number of nitrogens with zero attached hydrogens (tertiary/aromatic N) is 7. The van der Waals surface area contributed by atoms with Crippen LogP contribution in [-0.4, -0.2) is 46.1 Å². The second-order valence-electron chi connectivity index (χ2n) is 5.62. The maximum absolute atomic E-state index is 12.1. The normalized spacial score (nSPS) is 11.0. The molecule has 0 aliphatic carbocycles. The predicted octanol–water partition coefficient (Wildman–Crippen LogP) is 0.567. The summed E-state index contributed by atoms with van der Waals surface area (Å²) in [5.74, 6) is 7.05. The molecule has 3 aromatic rings. The van der Waals surface area contributed by atoms with Crippen molar-refractivity contribution in [2.24, 2.45) is 7.05 Å². The smallest absolute Gasteiger partial charge is 0.271 e. The fraction of sp³-hybridized carbons (Fsp3) is 0.357. The van der Waals surface area contributed by atoms with Crippen LogP contribution < -0.4 is 11.2 Å². The van der Waals surface area contributed by atoms with E-state index in [1.165, 1.54) is 16.4 Å². The number of rotatable bonds is 5. The van der Waals surface area contributed by atoms with E-state index < -0.39 is 0 Å². The fourth-order valence-electron chi connectivity index (χ4n) is 2.38. The van der Waals surface area contributed by atoms with Crippen molar-refractivity contribution in [2.75, 3.05) is 16.9 Å². The van der Waals surface area contributed by atoms with Gasteiger partial charge in [-0.1, -0.05) is 11.8 Å². The minimum absolute atomic E-state index is 0.149. The van der Waals surface area contributed by atoms with E-state index in [-0.39, 0.29) is 11.7 Å². The number of hydrogen-bond acceptors (Lipinski definition) is 7. The first kappa shape index (κ1) is 17.0. The van der Waals surface area contributed by atoms with Crippen LogP contribution in [0.4, 0.5) is 5.82 Å². The number of nitrogens with one attached hydrogen (secondary N) is 1. The Morgan fingerprint density at radius 3 is 2.52 bits per heavy atom. The van der Waals surface area contributed by atoms with Gasteiger partial charge in [-0.25, -0.2) is 9.36 Å². The maximum Gasteiger partial charge on any atom is 0.271 e. The second-order valence-corrected chi connectivity index (χ2v) is 6.57. The highest BCUT2D eigenvalue weighted by molar-refractivity contribution is 7.99. The second kappa shape index (κ2) is 6.59. The van der Waals surface area contributed by atoms with Gasteiger partial charge in [-0.2, -0.15) is 10.2 Å². The van der Waals surface area contributed by atoms with Crippen LogP contribution in [0.2, 0.25) is 0 Å². The van der Waals surface area contributed by atoms with Gasteiger partial charge in [-0.15, -0.1) is 10.2 Å². The van der Waals surface area contributed by atoms with Gasteiger partial charge < -0.3 is 11.2 Å². The van der Waals surface area contributed by atoms with Crippen molar-refractivity contribution in [3.8, 4) is 5.95 Å². The summed E-state index contributed by atoms with van der Waals surface area (Å²) in [5, 5.41) is 19.8. The predicted molar refractivity (Wildman–Crippen MR) is 94.1 cm³/mol. The van der Waals surface area contributed by atoms with Gasteiger partial charge in [0.05, 0.1) is 17.1 Å². The molecule has 0 saturated heterocycles. The summed E-state index contributed by atoms with van der Waals surface area (Å²) in [4.78, 5) is 12.1. The van der Waals surface area contributed by atoms with Gasteiger partial charge in [0.25, 0.3) is 5.95 Å². The molecule has 0 aromatic carbocycles. The zero-order chi connectivity index (χ0) is 18.1. The Morgan fingerprint density at radius 1 is 1.20 bits per heavy atom. The Kier molecular flexibility index (Phi) is 4.49. The Bertz CT molecular complexity index is 923. The summed E-state index contributed by atoms with van der Waals surface area (Å²) in [6.45, 7) is 5.66. The average Bonchev–Trinajstić information content (AvgIpc) is 3.15. The number of hydrogen-bond donors (Lipinski definition) is 2. The van der Waals surface area contributed by atoms with Crippen molar-refractivity contribution in [3.63, 3.8) is 0 Å². The Hall–Kier alpha value is -2.82. The van der Waals surface area contributed by atoms with Crippen LogP contribution in [0.15, 0.2) is 17.3 Å². The van der Waals surface area contributed by atoms with Crippen molar-refractivity contribution in [1.82, 2.24) is 34.4 Å². The average molecular weight is 361 g/mol. The summed E-state index contributed by atoms with van der Waals surface area (Å²) in [5.41, 5.74) is 2.60. The third kappa shape index (κ3) is 3.50. The lowest BCUT2D eigenvalue weighted by atomic mass is 10.4. The molecule has 0 aliphatic rings.